The van der Waals surface area contributed by atoms with Crippen LogP contribution in [0, 0.1) is 6.92 Å². The Hall–Kier alpha value is -6.00. The summed E-state index contributed by atoms with van der Waals surface area (Å²) in [7, 11) is 0. The van der Waals surface area contributed by atoms with E-state index in [-0.39, 0.29) is 23.1 Å². The molecule has 0 atom stereocenters. The van der Waals surface area contributed by atoms with Gasteiger partial charge in [0.1, 0.15) is 5.58 Å². The van der Waals surface area contributed by atoms with Crippen LogP contribution in [0.25, 0.3) is 44.2 Å². The Morgan fingerprint density at radius 3 is 2.07 bits per heavy atom. The van der Waals surface area contributed by atoms with E-state index < -0.39 is 0 Å². The van der Waals surface area contributed by atoms with Gasteiger partial charge in [-0.05, 0) is 122 Å². The largest absolute Gasteiger partial charge is 0.454 e. The minimum Gasteiger partial charge on any atom is -0.454 e. The van der Waals surface area contributed by atoms with Gasteiger partial charge in [0.25, 0.3) is 0 Å². The first kappa shape index (κ1) is 34.1. The third kappa shape index (κ3) is 4.41. The molecule has 0 bridgehead atoms. The predicted molar refractivity (Wildman–Crippen MR) is 245 cm³/mol. The van der Waals surface area contributed by atoms with Crippen molar-refractivity contribution in [3.8, 4) is 22.3 Å². The molecule has 3 nitrogen and oxygen atoms in total. The molecule has 0 amide bonds. The number of rotatable bonds is 2. The maximum absolute atomic E-state index is 6.87. The van der Waals surface area contributed by atoms with Crippen LogP contribution in [0.4, 0.5) is 28.4 Å². The van der Waals surface area contributed by atoms with Crippen molar-refractivity contribution in [2.75, 3.05) is 9.71 Å². The van der Waals surface area contributed by atoms with Crippen molar-refractivity contribution in [3.63, 3.8) is 0 Å². The van der Waals surface area contributed by atoms with E-state index in [9.17, 15) is 0 Å². The maximum Gasteiger partial charge on any atom is 0.333 e. The molecule has 8 aromatic rings. The number of hydrogen-bond donors (Lipinski definition) is 0. The zero-order valence-corrected chi connectivity index (χ0v) is 34.5. The molecule has 282 valence electrons. The average Bonchev–Trinajstić information content (AvgIpc) is 3.61. The van der Waals surface area contributed by atoms with Crippen LogP contribution in [0.3, 0.4) is 0 Å². The molecule has 1 aliphatic carbocycles. The molecule has 0 spiro atoms. The predicted octanol–water partition coefficient (Wildman–Crippen LogP) is 13.3. The fraction of sp³-hybridized carbons (Fsp3) is 0.222. The molecule has 4 heterocycles. The zero-order chi connectivity index (χ0) is 39.5. The number of fused-ring (bicyclic) bond motifs is 10. The molecule has 0 saturated carbocycles. The van der Waals surface area contributed by atoms with Crippen LogP contribution in [0.5, 0.6) is 0 Å². The highest BCUT2D eigenvalue weighted by molar-refractivity contribution is 6.93. The quantitative estimate of drug-likeness (QED) is 0.164. The summed E-state index contributed by atoms with van der Waals surface area (Å²) in [6.07, 6.45) is 2.38. The number of furan rings is 1. The second kappa shape index (κ2) is 11.3. The van der Waals surface area contributed by atoms with Crippen LogP contribution >= 0.6 is 0 Å². The van der Waals surface area contributed by atoms with Crippen LogP contribution < -0.4 is 20.6 Å². The summed E-state index contributed by atoms with van der Waals surface area (Å²) in [5.74, 6) is 0. The summed E-state index contributed by atoms with van der Waals surface area (Å²) < 4.78 is 6.87. The summed E-state index contributed by atoms with van der Waals surface area (Å²) in [5.41, 5.74) is 22.8. The molecule has 0 fully saturated rings. The van der Waals surface area contributed by atoms with Gasteiger partial charge in [-0.2, -0.15) is 0 Å². The number of nitrogens with zero attached hydrogens (tertiary/aromatic N) is 2. The van der Waals surface area contributed by atoms with Gasteiger partial charge in [-0.3, -0.25) is 0 Å². The maximum atomic E-state index is 6.87. The number of aryl methyl sites for hydroxylation is 1. The zero-order valence-electron chi connectivity index (χ0n) is 34.5. The topological polar surface area (TPSA) is 19.6 Å². The van der Waals surface area contributed by atoms with E-state index in [0.717, 1.165) is 27.6 Å². The first-order chi connectivity index (χ1) is 27.9. The van der Waals surface area contributed by atoms with Crippen molar-refractivity contribution in [2.45, 2.75) is 77.6 Å². The lowest BCUT2D eigenvalue weighted by Gasteiger charge is -2.52. The van der Waals surface area contributed by atoms with Crippen LogP contribution in [-0.2, 0) is 16.2 Å². The SMILES string of the molecule is Cc1cc2c3c(c1)N1c4cc5c(cc4C(C)(C)c4cccc(c41)B3N(c1cccc3c1oc1ccccc13)c1ccc(-c3ccccc3)cc1-2)C(C)(C)CCC5(C)C. The molecule has 0 N–H and O–H groups in total. The molecule has 0 radical (unpaired) electrons. The Bertz CT molecular complexity index is 3080. The molecule has 0 saturated heterocycles. The van der Waals surface area contributed by atoms with Gasteiger partial charge in [0.05, 0.1) is 11.4 Å². The average molecular weight is 751 g/mol. The number of para-hydroxylation sites is 3. The lowest BCUT2D eigenvalue weighted by atomic mass is 9.42. The van der Waals surface area contributed by atoms with Crippen LogP contribution in [0.15, 0.2) is 138 Å². The fourth-order valence-electron chi connectivity index (χ4n) is 11.3. The second-order valence-electron chi connectivity index (χ2n) is 19.3. The molecule has 4 heteroatoms. The highest BCUT2D eigenvalue weighted by Crippen LogP contribution is 2.58. The van der Waals surface area contributed by atoms with Crippen LogP contribution in [-0.4, -0.2) is 6.85 Å². The molecule has 58 heavy (non-hydrogen) atoms. The lowest BCUT2D eigenvalue weighted by molar-refractivity contribution is 0.331. The summed E-state index contributed by atoms with van der Waals surface area (Å²) in [5, 5.41) is 2.29. The van der Waals surface area contributed by atoms with Crippen molar-refractivity contribution in [1.82, 2.24) is 0 Å². The minimum absolute atomic E-state index is 0.0863. The number of benzene rings is 7. The molecule has 12 rings (SSSR count). The first-order valence-corrected chi connectivity index (χ1v) is 21.1. The highest BCUT2D eigenvalue weighted by Gasteiger charge is 2.51. The van der Waals surface area contributed by atoms with Crippen molar-refractivity contribution in [1.29, 1.82) is 0 Å². The van der Waals surface area contributed by atoms with Gasteiger partial charge in [0, 0.05) is 38.8 Å². The second-order valence-corrected chi connectivity index (χ2v) is 19.3. The minimum atomic E-state index is -0.214. The van der Waals surface area contributed by atoms with Crippen molar-refractivity contribution in [2.24, 2.45) is 0 Å². The molecule has 1 aromatic heterocycles. The Morgan fingerprint density at radius 2 is 1.26 bits per heavy atom. The molecule has 7 aromatic carbocycles. The van der Waals surface area contributed by atoms with Gasteiger partial charge < -0.3 is 14.1 Å². The summed E-state index contributed by atoms with van der Waals surface area (Å²) >= 11 is 0. The standard InChI is InChI=1S/C54H47BN2O/c1-32-27-38-37-29-34(33-15-9-8-10-16-33)23-24-44(37)57(45-21-13-18-36-35-17-11-12-22-48(35)58-51(36)45)55-43-20-14-19-39-50(43)56(47(28-32)49(38)55)46-31-41-40(30-42(46)54(39,6)7)52(2,3)25-26-53(41,4)5/h8-24,27-31H,25-26H2,1-7H3. The highest BCUT2D eigenvalue weighted by atomic mass is 16.3. The van der Waals surface area contributed by atoms with E-state index in [1.807, 2.05) is 0 Å². The van der Waals surface area contributed by atoms with Gasteiger partial charge in [-0.15, -0.1) is 0 Å². The normalized spacial score (nSPS) is 17.4. The van der Waals surface area contributed by atoms with Crippen molar-refractivity contribution in [3.05, 3.63) is 161 Å². The monoisotopic (exact) mass is 750 g/mol. The Labute approximate surface area is 342 Å². The van der Waals surface area contributed by atoms with Gasteiger partial charge in [0.2, 0.25) is 0 Å². The summed E-state index contributed by atoms with van der Waals surface area (Å²) in [6.45, 7) is 16.9. The molecule has 0 unspecified atom stereocenters. The van der Waals surface area contributed by atoms with E-state index in [1.165, 1.54) is 96.6 Å². The summed E-state index contributed by atoms with van der Waals surface area (Å²) in [6, 6.07) is 50.3. The fourth-order valence-corrected chi connectivity index (χ4v) is 11.3. The molecule has 3 aliphatic heterocycles. The van der Waals surface area contributed by atoms with Crippen molar-refractivity contribution >= 4 is 68.1 Å². The van der Waals surface area contributed by atoms with Gasteiger partial charge in [-0.1, -0.05) is 139 Å². The van der Waals surface area contributed by atoms with E-state index in [2.05, 4.69) is 192 Å². The van der Waals surface area contributed by atoms with E-state index in [0.29, 0.717) is 0 Å². The smallest absolute Gasteiger partial charge is 0.333 e. The Balaban J connectivity index is 1.20. The van der Waals surface area contributed by atoms with Gasteiger partial charge >= 0.3 is 6.85 Å². The van der Waals surface area contributed by atoms with E-state index in [1.54, 1.807) is 0 Å². The van der Waals surface area contributed by atoms with Gasteiger partial charge in [-0.25, -0.2) is 0 Å². The van der Waals surface area contributed by atoms with Crippen LogP contribution in [0.1, 0.15) is 82.2 Å². The third-order valence-corrected chi connectivity index (χ3v) is 14.5. The van der Waals surface area contributed by atoms with Crippen LogP contribution in [0.2, 0.25) is 0 Å². The van der Waals surface area contributed by atoms with Crippen molar-refractivity contribution < 1.29 is 4.42 Å². The molecule has 4 aliphatic rings. The molecular formula is C54H47BN2O. The number of hydrogen-bond acceptors (Lipinski definition) is 3. The lowest BCUT2D eigenvalue weighted by Crippen LogP contribution is -2.62. The molecular weight excluding hydrogens is 703 g/mol. The summed E-state index contributed by atoms with van der Waals surface area (Å²) in [4.78, 5) is 5.29. The van der Waals surface area contributed by atoms with E-state index >= 15 is 0 Å². The number of anilines is 5. The van der Waals surface area contributed by atoms with Gasteiger partial charge in [0.15, 0.2) is 5.58 Å². The first-order valence-electron chi connectivity index (χ1n) is 21.1. The Kier molecular flexibility index (Phi) is 6.67. The van der Waals surface area contributed by atoms with E-state index in [4.69, 9.17) is 4.42 Å². The third-order valence-electron chi connectivity index (χ3n) is 14.5. The Morgan fingerprint density at radius 1 is 0.534 bits per heavy atom.